The van der Waals surface area contributed by atoms with Crippen LogP contribution in [0.25, 0.3) is 0 Å². The van der Waals surface area contributed by atoms with Crippen LogP contribution in [0.2, 0.25) is 0 Å². The maximum Gasteiger partial charge on any atom is 0.316 e. The van der Waals surface area contributed by atoms with Gasteiger partial charge in [0.05, 0.1) is 11.8 Å². The summed E-state index contributed by atoms with van der Waals surface area (Å²) < 4.78 is 22.2. The maximum atomic E-state index is 14.2. The number of phenolic OH excluding ortho intramolecular Hbond substituents is 5. The van der Waals surface area contributed by atoms with Crippen LogP contribution >= 0.6 is 0 Å². The first kappa shape index (κ1) is 33.9. The lowest BCUT2D eigenvalue weighted by Crippen LogP contribution is -2.58. The largest absolute Gasteiger partial charge is 0.508 e. The summed E-state index contributed by atoms with van der Waals surface area (Å²) in [5.74, 6) is -8.79. The van der Waals surface area contributed by atoms with E-state index in [1.807, 2.05) is 0 Å². The van der Waals surface area contributed by atoms with Gasteiger partial charge in [-0.1, -0.05) is 24.3 Å². The summed E-state index contributed by atoms with van der Waals surface area (Å²) in [4.78, 5) is 28.3. The monoisotopic (exact) mass is 704 g/mol. The molecule has 3 aliphatic rings. The van der Waals surface area contributed by atoms with Crippen molar-refractivity contribution in [1.82, 2.24) is 0 Å². The molecule has 3 heterocycles. The Kier molecular flexibility index (Phi) is 8.61. The molecule has 3 aliphatic heterocycles. The summed E-state index contributed by atoms with van der Waals surface area (Å²) in [5.41, 5.74) is 0.896. The number of ether oxygens (including phenoxy) is 4. The van der Waals surface area contributed by atoms with Crippen molar-refractivity contribution in [2.45, 2.75) is 42.5 Å². The normalized spacial score (nSPS) is 28.6. The van der Waals surface area contributed by atoms with Crippen LogP contribution in [0, 0.1) is 11.8 Å². The second-order valence-electron chi connectivity index (χ2n) is 12.6. The molecule has 0 saturated carbocycles. The lowest BCUT2D eigenvalue weighted by Gasteiger charge is -2.41. The second kappa shape index (κ2) is 12.9. The van der Waals surface area contributed by atoms with E-state index in [9.17, 15) is 55.5 Å². The standard InChI is InChI=1S/C36H32O15/c37-16-5-1-14(2-6-16)25-27-20(40)9-18(39)10-22(27)49-34(45)29(25)30-26(15-3-7-17(38)8-4-15)28-21(41)11-19(12-23(28)50-35(30)46)48-13-24-31(42)32(43)33(44)36(47)51-24/h1-12,24-26,29-33,36-44,47H,13H2/t24-,25+,26+,29-,30-,31-,32+,33-,36-/m1/s1. The first-order valence-corrected chi connectivity index (χ1v) is 15.8. The number of esters is 2. The molecular formula is C36H32O15. The fraction of sp³-hybridized carbons (Fsp3) is 0.278. The molecule has 0 amide bonds. The molecule has 0 aliphatic carbocycles. The van der Waals surface area contributed by atoms with Crippen LogP contribution in [0.1, 0.15) is 34.1 Å². The molecule has 51 heavy (non-hydrogen) atoms. The van der Waals surface area contributed by atoms with Crippen LogP contribution in [-0.4, -0.2) is 95.2 Å². The van der Waals surface area contributed by atoms with Crippen molar-refractivity contribution in [2.24, 2.45) is 11.8 Å². The van der Waals surface area contributed by atoms with Crippen LogP contribution in [-0.2, 0) is 14.3 Å². The quantitative estimate of drug-likeness (QED) is 0.102. The third-order valence-electron chi connectivity index (χ3n) is 9.50. The van der Waals surface area contributed by atoms with E-state index in [4.69, 9.17) is 18.9 Å². The average molecular weight is 705 g/mol. The summed E-state index contributed by atoms with van der Waals surface area (Å²) in [6.45, 7) is -0.473. The minimum absolute atomic E-state index is 0.0542. The Morgan fingerprint density at radius 1 is 0.569 bits per heavy atom. The minimum atomic E-state index is -1.81. The lowest BCUT2D eigenvalue weighted by molar-refractivity contribution is -0.285. The number of hydrogen-bond acceptors (Lipinski definition) is 15. The van der Waals surface area contributed by atoms with Crippen molar-refractivity contribution in [2.75, 3.05) is 6.61 Å². The van der Waals surface area contributed by atoms with Crippen molar-refractivity contribution >= 4 is 11.9 Å². The van der Waals surface area contributed by atoms with Gasteiger partial charge in [-0.3, -0.25) is 9.59 Å². The molecule has 15 heteroatoms. The van der Waals surface area contributed by atoms with Gasteiger partial charge in [-0.05, 0) is 35.4 Å². The number of aromatic hydroxyl groups is 5. The summed E-state index contributed by atoms with van der Waals surface area (Å²) in [6.07, 6.45) is -8.25. The third kappa shape index (κ3) is 6.00. The van der Waals surface area contributed by atoms with Crippen molar-refractivity contribution in [3.8, 4) is 46.0 Å². The van der Waals surface area contributed by atoms with Crippen LogP contribution in [0.4, 0.5) is 0 Å². The Bertz CT molecular complexity index is 1980. The topological polar surface area (TPSA) is 253 Å². The highest BCUT2D eigenvalue weighted by atomic mass is 16.6. The molecule has 266 valence electrons. The molecule has 15 nitrogen and oxygen atoms in total. The zero-order chi connectivity index (χ0) is 36.3. The van der Waals surface area contributed by atoms with E-state index in [2.05, 4.69) is 0 Å². The first-order valence-electron chi connectivity index (χ1n) is 15.8. The predicted molar refractivity (Wildman–Crippen MR) is 170 cm³/mol. The Morgan fingerprint density at radius 2 is 1.06 bits per heavy atom. The zero-order valence-corrected chi connectivity index (χ0v) is 26.3. The Balaban J connectivity index is 1.32. The molecule has 0 spiro atoms. The zero-order valence-electron chi connectivity index (χ0n) is 26.3. The molecule has 4 aromatic rings. The fourth-order valence-electron chi connectivity index (χ4n) is 7.11. The lowest BCUT2D eigenvalue weighted by atomic mass is 9.65. The molecule has 4 aromatic carbocycles. The van der Waals surface area contributed by atoms with Gasteiger partial charge in [-0.2, -0.15) is 0 Å². The number of benzene rings is 4. The molecule has 7 rings (SSSR count). The van der Waals surface area contributed by atoms with Gasteiger partial charge in [0.15, 0.2) is 6.29 Å². The number of aliphatic hydroxyl groups is 4. The number of aliphatic hydroxyl groups excluding tert-OH is 4. The van der Waals surface area contributed by atoms with Crippen molar-refractivity contribution in [3.63, 3.8) is 0 Å². The molecular weight excluding hydrogens is 672 g/mol. The van der Waals surface area contributed by atoms with E-state index >= 15 is 0 Å². The number of phenols is 5. The fourth-order valence-corrected chi connectivity index (χ4v) is 7.11. The number of hydrogen-bond donors (Lipinski definition) is 9. The molecule has 0 bridgehead atoms. The van der Waals surface area contributed by atoms with Gasteiger partial charge < -0.3 is 64.9 Å². The smallest absolute Gasteiger partial charge is 0.316 e. The number of rotatable bonds is 6. The van der Waals surface area contributed by atoms with E-state index in [-0.39, 0.29) is 45.6 Å². The Morgan fingerprint density at radius 3 is 1.59 bits per heavy atom. The van der Waals surface area contributed by atoms with Crippen molar-refractivity contribution < 1.29 is 74.5 Å². The SMILES string of the molecule is O=C1Oc2cc(O)cc(O)c2[C@H](c2ccc(O)cc2)[C@@H]1[C@@H]1C(=O)Oc2cc(OC[C@H]3O[C@@H](O)[C@H](O)[C@@H](O)[C@@H]3O)cc(O)c2[C@@H]1c1ccc(O)cc1. The third-order valence-corrected chi connectivity index (χ3v) is 9.50. The summed E-state index contributed by atoms with van der Waals surface area (Å²) >= 11 is 0. The highest BCUT2D eigenvalue weighted by Crippen LogP contribution is 2.57. The van der Waals surface area contributed by atoms with Crippen LogP contribution in [0.15, 0.2) is 72.8 Å². The molecule has 9 N–H and O–H groups in total. The minimum Gasteiger partial charge on any atom is -0.508 e. The van der Waals surface area contributed by atoms with E-state index < -0.39 is 84.4 Å². The summed E-state index contributed by atoms with van der Waals surface area (Å²) in [6, 6.07) is 16.1. The second-order valence-corrected chi connectivity index (χ2v) is 12.6. The Hall–Kier alpha value is -5.58. The van der Waals surface area contributed by atoms with Crippen LogP contribution < -0.4 is 14.2 Å². The number of carbonyl (C=O) groups excluding carboxylic acids is 2. The van der Waals surface area contributed by atoms with Gasteiger partial charge >= 0.3 is 11.9 Å². The van der Waals surface area contributed by atoms with Crippen molar-refractivity contribution in [3.05, 3.63) is 95.1 Å². The molecule has 0 radical (unpaired) electrons. The van der Waals surface area contributed by atoms with Crippen LogP contribution in [0.5, 0.6) is 46.0 Å². The molecule has 1 saturated heterocycles. The van der Waals surface area contributed by atoms with Gasteiger partial charge in [0.2, 0.25) is 0 Å². The molecule has 1 fully saturated rings. The highest BCUT2D eigenvalue weighted by molar-refractivity contribution is 5.91. The van der Waals surface area contributed by atoms with Gasteiger partial charge in [0.1, 0.15) is 77.0 Å². The highest BCUT2D eigenvalue weighted by Gasteiger charge is 2.54. The van der Waals surface area contributed by atoms with Gasteiger partial charge in [0.25, 0.3) is 0 Å². The van der Waals surface area contributed by atoms with E-state index in [1.54, 1.807) is 0 Å². The van der Waals surface area contributed by atoms with E-state index in [1.165, 1.54) is 60.7 Å². The predicted octanol–water partition coefficient (Wildman–Crippen LogP) is 1.43. The van der Waals surface area contributed by atoms with Gasteiger partial charge in [-0.15, -0.1) is 0 Å². The molecule has 0 unspecified atom stereocenters. The van der Waals surface area contributed by atoms with Crippen molar-refractivity contribution in [1.29, 1.82) is 0 Å². The number of carbonyl (C=O) groups is 2. The summed E-state index contributed by atoms with van der Waals surface area (Å²) in [7, 11) is 0. The number of fused-ring (bicyclic) bond motifs is 2. The Labute approximate surface area is 288 Å². The molecule has 0 aromatic heterocycles. The van der Waals surface area contributed by atoms with Crippen LogP contribution in [0.3, 0.4) is 0 Å². The maximum absolute atomic E-state index is 14.2. The summed E-state index contributed by atoms with van der Waals surface area (Å²) in [5, 5.41) is 92.9. The average Bonchev–Trinajstić information content (AvgIpc) is 3.08. The van der Waals surface area contributed by atoms with E-state index in [0.717, 1.165) is 12.1 Å². The molecule has 9 atom stereocenters. The van der Waals surface area contributed by atoms with E-state index in [0.29, 0.717) is 11.1 Å². The van der Waals surface area contributed by atoms with Gasteiger partial charge in [0, 0.05) is 47.2 Å². The first-order chi connectivity index (χ1) is 24.3. The van der Waals surface area contributed by atoms with Gasteiger partial charge in [-0.25, -0.2) is 0 Å².